The molecule has 0 nitrogen and oxygen atoms in total. The third-order valence-electron chi connectivity index (χ3n) is 7.90. The SMILES string of the molecule is CC(C)(C)CC1CC1CC(C1CC1C(F)C(C1CC1)C(C)(C)C)C(C)(C)C. The fourth-order valence-corrected chi connectivity index (χ4v) is 6.36. The van der Waals surface area contributed by atoms with Gasteiger partial charge in [0.05, 0.1) is 0 Å². The van der Waals surface area contributed by atoms with Crippen LogP contribution in [0, 0.1) is 57.7 Å². The van der Waals surface area contributed by atoms with Gasteiger partial charge in [0.15, 0.2) is 0 Å². The van der Waals surface area contributed by atoms with Crippen LogP contribution in [0.5, 0.6) is 0 Å². The quantitative estimate of drug-likeness (QED) is 0.419. The molecule has 0 aliphatic heterocycles. The van der Waals surface area contributed by atoms with E-state index < -0.39 is 6.17 Å². The first-order chi connectivity index (χ1) is 12.2. The molecule has 0 radical (unpaired) electrons. The molecule has 0 aromatic heterocycles. The Kier molecular flexibility index (Phi) is 5.62. The van der Waals surface area contributed by atoms with Gasteiger partial charge in [-0.05, 0) is 96.2 Å². The van der Waals surface area contributed by atoms with Gasteiger partial charge in [-0.2, -0.15) is 0 Å². The van der Waals surface area contributed by atoms with E-state index in [2.05, 4.69) is 62.3 Å². The van der Waals surface area contributed by atoms with E-state index in [9.17, 15) is 0 Å². The molecule has 0 heterocycles. The molecule has 158 valence electrons. The number of rotatable bonds is 7. The van der Waals surface area contributed by atoms with Gasteiger partial charge in [0, 0.05) is 0 Å². The van der Waals surface area contributed by atoms with Crippen molar-refractivity contribution >= 4 is 0 Å². The van der Waals surface area contributed by atoms with Gasteiger partial charge in [-0.15, -0.1) is 0 Å². The molecule has 3 rings (SSSR count). The highest BCUT2D eigenvalue weighted by Gasteiger charge is 2.57. The Labute approximate surface area is 169 Å². The van der Waals surface area contributed by atoms with Crippen molar-refractivity contribution in [2.45, 2.75) is 107 Å². The maximum absolute atomic E-state index is 15.7. The minimum atomic E-state index is -0.572. The Bertz CT molecular complexity index is 510. The van der Waals surface area contributed by atoms with Crippen molar-refractivity contribution in [1.82, 2.24) is 0 Å². The van der Waals surface area contributed by atoms with E-state index in [0.717, 1.165) is 18.3 Å². The largest absolute Gasteiger partial charge is 0.247 e. The molecule has 0 bridgehead atoms. The Morgan fingerprint density at radius 3 is 1.81 bits per heavy atom. The molecule has 7 atom stereocenters. The van der Waals surface area contributed by atoms with Crippen LogP contribution in [0.15, 0.2) is 0 Å². The van der Waals surface area contributed by atoms with Crippen molar-refractivity contribution in [1.29, 1.82) is 0 Å². The molecule has 3 aliphatic carbocycles. The van der Waals surface area contributed by atoms with Crippen LogP contribution in [0.25, 0.3) is 0 Å². The second-order valence-corrected chi connectivity index (χ2v) is 14.0. The first-order valence-electron chi connectivity index (χ1n) is 11.8. The van der Waals surface area contributed by atoms with Crippen LogP contribution in [-0.4, -0.2) is 6.17 Å². The Balaban J connectivity index is 1.61. The van der Waals surface area contributed by atoms with Crippen LogP contribution in [0.4, 0.5) is 4.39 Å². The molecular formula is C26H47F. The van der Waals surface area contributed by atoms with Gasteiger partial charge in [-0.1, -0.05) is 62.3 Å². The molecule has 3 fully saturated rings. The second kappa shape index (κ2) is 7.02. The highest BCUT2D eigenvalue weighted by molar-refractivity contribution is 5.06. The average molecular weight is 379 g/mol. The van der Waals surface area contributed by atoms with Gasteiger partial charge >= 0.3 is 0 Å². The molecule has 0 saturated heterocycles. The molecule has 7 unspecified atom stereocenters. The highest BCUT2D eigenvalue weighted by Crippen LogP contribution is 2.62. The highest BCUT2D eigenvalue weighted by atomic mass is 19.1. The standard InChI is InChI=1S/C26H47F/c1-24(2,3)15-18-12-17(18)13-21(25(4,5)6)19-14-20(19)23(27)22(16-10-11-16)26(7,8)9/h16-23H,10-15H2,1-9H3. The average Bonchev–Trinajstić information content (AvgIpc) is 3.27. The van der Waals surface area contributed by atoms with E-state index >= 15 is 4.39 Å². The first-order valence-corrected chi connectivity index (χ1v) is 11.8. The van der Waals surface area contributed by atoms with Gasteiger partial charge < -0.3 is 0 Å². The number of hydrogen-bond donors (Lipinski definition) is 0. The lowest BCUT2D eigenvalue weighted by molar-refractivity contribution is 0.0657. The molecular weight excluding hydrogens is 331 g/mol. The van der Waals surface area contributed by atoms with Crippen molar-refractivity contribution in [3.05, 3.63) is 0 Å². The lowest BCUT2D eigenvalue weighted by Crippen LogP contribution is -2.34. The molecule has 0 spiro atoms. The topological polar surface area (TPSA) is 0 Å². The van der Waals surface area contributed by atoms with E-state index in [1.807, 2.05) is 0 Å². The molecule has 3 saturated carbocycles. The Hall–Kier alpha value is -0.0700. The summed E-state index contributed by atoms with van der Waals surface area (Å²) >= 11 is 0. The van der Waals surface area contributed by atoms with E-state index in [1.54, 1.807) is 0 Å². The van der Waals surface area contributed by atoms with Gasteiger partial charge in [0.25, 0.3) is 0 Å². The van der Waals surface area contributed by atoms with Crippen LogP contribution < -0.4 is 0 Å². The van der Waals surface area contributed by atoms with Gasteiger partial charge in [-0.3, -0.25) is 0 Å². The van der Waals surface area contributed by atoms with E-state index in [4.69, 9.17) is 0 Å². The lowest BCUT2D eigenvalue weighted by Gasteiger charge is -2.36. The van der Waals surface area contributed by atoms with E-state index in [1.165, 1.54) is 32.1 Å². The maximum atomic E-state index is 15.7. The molecule has 0 aromatic carbocycles. The second-order valence-electron chi connectivity index (χ2n) is 14.0. The lowest BCUT2D eigenvalue weighted by atomic mass is 9.70. The van der Waals surface area contributed by atoms with Gasteiger partial charge in [0.1, 0.15) is 6.17 Å². The molecule has 27 heavy (non-hydrogen) atoms. The van der Waals surface area contributed by atoms with E-state index in [-0.39, 0.29) is 11.3 Å². The zero-order valence-electron chi connectivity index (χ0n) is 19.7. The summed E-state index contributed by atoms with van der Waals surface area (Å²) in [5.74, 6) is 4.47. The number of halogens is 1. The molecule has 3 aliphatic rings. The van der Waals surface area contributed by atoms with Gasteiger partial charge in [-0.25, -0.2) is 4.39 Å². The summed E-state index contributed by atoms with van der Waals surface area (Å²) < 4.78 is 15.7. The fourth-order valence-electron chi connectivity index (χ4n) is 6.36. The molecule has 0 aromatic rings. The van der Waals surface area contributed by atoms with Crippen molar-refractivity contribution in [3.8, 4) is 0 Å². The summed E-state index contributed by atoms with van der Waals surface area (Å²) in [5.41, 5.74) is 0.872. The van der Waals surface area contributed by atoms with Crippen molar-refractivity contribution < 1.29 is 4.39 Å². The summed E-state index contributed by atoms with van der Waals surface area (Å²) in [7, 11) is 0. The van der Waals surface area contributed by atoms with Crippen LogP contribution >= 0.6 is 0 Å². The third-order valence-corrected chi connectivity index (χ3v) is 7.90. The molecule has 0 N–H and O–H groups in total. The predicted octanol–water partition coefficient (Wildman–Crippen LogP) is 8.16. The summed E-state index contributed by atoms with van der Waals surface area (Å²) in [6.07, 6.45) is 7.24. The Morgan fingerprint density at radius 1 is 0.778 bits per heavy atom. The molecule has 0 amide bonds. The normalized spacial score (nSPS) is 34.9. The van der Waals surface area contributed by atoms with E-state index in [0.29, 0.717) is 34.5 Å². The Morgan fingerprint density at radius 2 is 1.37 bits per heavy atom. The summed E-state index contributed by atoms with van der Waals surface area (Å²) in [6.45, 7) is 21.1. The zero-order chi connectivity index (χ0) is 20.4. The van der Waals surface area contributed by atoms with Crippen molar-refractivity contribution in [2.24, 2.45) is 57.7 Å². The molecule has 1 heteroatoms. The minimum Gasteiger partial charge on any atom is -0.247 e. The smallest absolute Gasteiger partial charge is 0.107 e. The summed E-state index contributed by atoms with van der Waals surface area (Å²) in [4.78, 5) is 0. The van der Waals surface area contributed by atoms with Crippen molar-refractivity contribution in [3.63, 3.8) is 0 Å². The number of alkyl halides is 1. The maximum Gasteiger partial charge on any atom is 0.107 e. The zero-order valence-corrected chi connectivity index (χ0v) is 19.7. The third kappa shape index (κ3) is 5.51. The summed E-state index contributed by atoms with van der Waals surface area (Å²) in [6, 6.07) is 0. The van der Waals surface area contributed by atoms with Crippen LogP contribution in [0.2, 0.25) is 0 Å². The first kappa shape index (κ1) is 21.6. The minimum absolute atomic E-state index is 0.110. The van der Waals surface area contributed by atoms with Crippen LogP contribution in [0.3, 0.4) is 0 Å². The van der Waals surface area contributed by atoms with Gasteiger partial charge in [0.2, 0.25) is 0 Å². The number of hydrogen-bond acceptors (Lipinski definition) is 0. The van der Waals surface area contributed by atoms with Crippen LogP contribution in [0.1, 0.15) is 101 Å². The van der Waals surface area contributed by atoms with Crippen molar-refractivity contribution in [2.75, 3.05) is 0 Å². The summed E-state index contributed by atoms with van der Waals surface area (Å²) in [5, 5.41) is 0. The fraction of sp³-hybridized carbons (Fsp3) is 1.00. The van der Waals surface area contributed by atoms with Crippen LogP contribution in [-0.2, 0) is 0 Å². The predicted molar refractivity (Wildman–Crippen MR) is 115 cm³/mol. The monoisotopic (exact) mass is 378 g/mol.